The highest BCUT2D eigenvalue weighted by molar-refractivity contribution is 6.20. The summed E-state index contributed by atoms with van der Waals surface area (Å²) >= 11 is 0. The first kappa shape index (κ1) is 17.6. The molecule has 9 nitrogen and oxygen atoms in total. The van der Waals surface area contributed by atoms with Gasteiger partial charge in [0, 0.05) is 11.3 Å². The molecule has 1 spiro atoms. The number of fused-ring (bicyclic) bond motifs is 3. The van der Waals surface area contributed by atoms with E-state index in [0.29, 0.717) is 16.9 Å². The number of rotatable bonds is 2. The number of nitrogens with one attached hydrogen (secondary N) is 1. The molecule has 0 aromatic heterocycles. The van der Waals surface area contributed by atoms with Crippen LogP contribution in [0.1, 0.15) is 19.4 Å². The van der Waals surface area contributed by atoms with Crippen molar-refractivity contribution in [2.45, 2.75) is 24.9 Å². The molecule has 0 fully saturated rings. The number of nitrogens with zero attached hydrogens (tertiary/aromatic N) is 2. The summed E-state index contributed by atoms with van der Waals surface area (Å²) in [6.45, 7) is 2.92. The fraction of sp³-hybridized carbons (Fsp3) is 0.263. The second-order valence-corrected chi connectivity index (χ2v) is 7.30. The molecule has 0 saturated heterocycles. The molecule has 3 aliphatic rings. The highest BCUT2D eigenvalue weighted by Crippen LogP contribution is 2.56. The summed E-state index contributed by atoms with van der Waals surface area (Å²) in [6.07, 6.45) is 0. The summed E-state index contributed by atoms with van der Waals surface area (Å²) in [7, 11) is 0. The van der Waals surface area contributed by atoms with Crippen LogP contribution in [0.4, 0.5) is 5.69 Å². The number of hydrogen-bond acceptors (Lipinski definition) is 7. The average molecular weight is 379 g/mol. The van der Waals surface area contributed by atoms with Crippen LogP contribution in [0.5, 0.6) is 0 Å². The average Bonchev–Trinajstić information content (AvgIpc) is 2.98. The summed E-state index contributed by atoms with van der Waals surface area (Å²) in [5.41, 5.74) is 9.55. The fourth-order valence-corrected chi connectivity index (χ4v) is 4.21. The summed E-state index contributed by atoms with van der Waals surface area (Å²) in [6, 6.07) is 8.61. The van der Waals surface area contributed by atoms with E-state index in [4.69, 9.17) is 16.2 Å². The van der Waals surface area contributed by atoms with E-state index in [9.17, 15) is 19.6 Å². The third-order valence-electron chi connectivity index (χ3n) is 5.27. The number of dihydropyridines is 1. The maximum absolute atomic E-state index is 13.7. The summed E-state index contributed by atoms with van der Waals surface area (Å²) < 4.78 is 5.47. The smallest absolute Gasteiger partial charge is 0.338 e. The topological polar surface area (TPSA) is 152 Å². The zero-order valence-corrected chi connectivity index (χ0v) is 15.2. The van der Waals surface area contributed by atoms with Crippen LogP contribution < -0.4 is 21.7 Å². The van der Waals surface area contributed by atoms with Crippen molar-refractivity contribution in [3.63, 3.8) is 0 Å². The number of carbonyl (C=O) groups is 3. The fourth-order valence-electron chi connectivity index (χ4n) is 4.21. The molecule has 0 bridgehead atoms. The van der Waals surface area contributed by atoms with Gasteiger partial charge in [0.2, 0.25) is 11.8 Å². The Morgan fingerprint density at radius 1 is 1.32 bits per heavy atom. The third kappa shape index (κ3) is 1.91. The van der Waals surface area contributed by atoms with Crippen LogP contribution in [-0.2, 0) is 24.5 Å². The zero-order chi connectivity index (χ0) is 20.4. The number of amides is 2. The molecular weight excluding hydrogens is 362 g/mol. The minimum Gasteiger partial charge on any atom is -0.450 e. The summed E-state index contributed by atoms with van der Waals surface area (Å²) in [5, 5.41) is 12.7. The van der Waals surface area contributed by atoms with Crippen LogP contribution >= 0.6 is 0 Å². The van der Waals surface area contributed by atoms with E-state index in [1.165, 1.54) is 4.90 Å². The number of nitrogens with two attached hydrogens (primary N) is 2. The van der Waals surface area contributed by atoms with Crippen LogP contribution in [0.3, 0.4) is 0 Å². The summed E-state index contributed by atoms with van der Waals surface area (Å²) in [4.78, 5) is 39.4. The number of ether oxygens (including phenoxy) is 1. The normalized spacial score (nSPS) is 24.7. The maximum Gasteiger partial charge on any atom is 0.338 e. The molecule has 9 heteroatoms. The van der Waals surface area contributed by atoms with Gasteiger partial charge in [-0.1, -0.05) is 18.2 Å². The molecule has 5 N–H and O–H groups in total. The molecule has 0 saturated carbocycles. The van der Waals surface area contributed by atoms with Gasteiger partial charge in [-0.25, -0.2) is 4.79 Å². The largest absolute Gasteiger partial charge is 0.450 e. The van der Waals surface area contributed by atoms with Gasteiger partial charge in [-0.15, -0.1) is 0 Å². The lowest BCUT2D eigenvalue weighted by Crippen LogP contribution is -2.51. The Balaban J connectivity index is 2.12. The van der Waals surface area contributed by atoms with Gasteiger partial charge in [0.15, 0.2) is 0 Å². The van der Waals surface area contributed by atoms with Crippen molar-refractivity contribution in [3.05, 3.63) is 52.5 Å². The Hall–Kier alpha value is -3.80. The van der Waals surface area contributed by atoms with Crippen LogP contribution in [0.25, 0.3) is 0 Å². The van der Waals surface area contributed by atoms with Crippen molar-refractivity contribution < 1.29 is 19.1 Å². The van der Waals surface area contributed by atoms with Gasteiger partial charge in [-0.05, 0) is 19.9 Å². The van der Waals surface area contributed by atoms with Crippen molar-refractivity contribution in [3.8, 4) is 6.07 Å². The predicted molar refractivity (Wildman–Crippen MR) is 96.8 cm³/mol. The van der Waals surface area contributed by atoms with E-state index >= 15 is 0 Å². The highest BCUT2D eigenvalue weighted by Gasteiger charge is 2.65. The Labute approximate surface area is 160 Å². The predicted octanol–water partition coefficient (Wildman–Crippen LogP) is -0.357. The maximum atomic E-state index is 13.7. The van der Waals surface area contributed by atoms with Crippen LogP contribution in [0.15, 0.2) is 46.9 Å². The third-order valence-corrected chi connectivity index (χ3v) is 5.27. The van der Waals surface area contributed by atoms with Crippen molar-refractivity contribution in [1.29, 1.82) is 5.26 Å². The number of benzene rings is 1. The number of cyclic esters (lactones) is 1. The van der Waals surface area contributed by atoms with Gasteiger partial charge in [0.1, 0.15) is 29.5 Å². The van der Waals surface area contributed by atoms with E-state index in [-0.39, 0.29) is 17.0 Å². The molecule has 1 aromatic rings. The zero-order valence-electron chi connectivity index (χ0n) is 15.2. The number of carbonyl (C=O) groups excluding carboxylic acids is 3. The Kier molecular flexibility index (Phi) is 3.37. The minimum atomic E-state index is -1.80. The molecule has 2 amide bonds. The number of esters is 1. The minimum absolute atomic E-state index is 0.00710. The SMILES string of the molecule is CC1(C)OC(=O)C2=C1NC(N)=C(C#N)C21C(=O)N(CC(N)=O)c2ccccc21. The Morgan fingerprint density at radius 3 is 2.64 bits per heavy atom. The molecule has 0 radical (unpaired) electrons. The van der Waals surface area contributed by atoms with Crippen molar-refractivity contribution in [2.24, 2.45) is 11.5 Å². The van der Waals surface area contributed by atoms with Crippen LogP contribution in [0.2, 0.25) is 0 Å². The first-order valence-corrected chi connectivity index (χ1v) is 8.52. The van der Waals surface area contributed by atoms with Gasteiger partial charge in [0.05, 0.1) is 16.8 Å². The quantitative estimate of drug-likeness (QED) is 0.594. The molecule has 0 aliphatic carbocycles. The van der Waals surface area contributed by atoms with E-state index in [0.717, 1.165) is 0 Å². The lowest BCUT2D eigenvalue weighted by molar-refractivity contribution is -0.145. The van der Waals surface area contributed by atoms with Gasteiger partial charge < -0.3 is 26.4 Å². The lowest BCUT2D eigenvalue weighted by atomic mass is 9.67. The van der Waals surface area contributed by atoms with Gasteiger partial charge in [0.25, 0.3) is 0 Å². The number of anilines is 1. The van der Waals surface area contributed by atoms with E-state index < -0.39 is 35.3 Å². The summed E-state index contributed by atoms with van der Waals surface area (Å²) in [5.74, 6) is -2.14. The van der Waals surface area contributed by atoms with Crippen molar-refractivity contribution in [1.82, 2.24) is 5.32 Å². The van der Waals surface area contributed by atoms with Gasteiger partial charge in [-0.2, -0.15) is 5.26 Å². The van der Waals surface area contributed by atoms with Crippen molar-refractivity contribution in [2.75, 3.05) is 11.4 Å². The number of nitriles is 1. The van der Waals surface area contributed by atoms with Gasteiger partial charge >= 0.3 is 5.97 Å². The van der Waals surface area contributed by atoms with E-state index in [2.05, 4.69) is 5.32 Å². The van der Waals surface area contributed by atoms with Crippen LogP contribution in [0, 0.1) is 11.3 Å². The van der Waals surface area contributed by atoms with Crippen LogP contribution in [-0.4, -0.2) is 29.9 Å². The first-order chi connectivity index (χ1) is 13.2. The second-order valence-electron chi connectivity index (χ2n) is 7.30. The second kappa shape index (κ2) is 5.36. The molecule has 3 heterocycles. The van der Waals surface area contributed by atoms with E-state index in [1.54, 1.807) is 38.1 Å². The van der Waals surface area contributed by atoms with Crippen molar-refractivity contribution >= 4 is 23.5 Å². The molecule has 1 aromatic carbocycles. The standard InChI is InChI=1S/C19H17N5O4/c1-18(2)14-13(16(26)28-18)19(10(7-20)15(22)23-14)9-5-3-4-6-11(9)24(17(19)27)8-12(21)25/h3-6,23H,8,22H2,1-2H3,(H2,21,25). The molecule has 1 atom stereocenters. The molecule has 1 unspecified atom stereocenters. The first-order valence-electron chi connectivity index (χ1n) is 8.52. The lowest BCUT2D eigenvalue weighted by Gasteiger charge is -2.34. The molecule has 28 heavy (non-hydrogen) atoms. The highest BCUT2D eigenvalue weighted by atomic mass is 16.6. The number of primary amides is 1. The number of para-hydroxylation sites is 1. The monoisotopic (exact) mass is 379 g/mol. The molecule has 3 aliphatic heterocycles. The number of hydrogen-bond donors (Lipinski definition) is 3. The molecule has 4 rings (SSSR count). The van der Waals surface area contributed by atoms with Gasteiger partial charge in [-0.3, -0.25) is 9.59 Å². The van der Waals surface area contributed by atoms with E-state index in [1.807, 2.05) is 6.07 Å². The Morgan fingerprint density at radius 2 is 2.00 bits per heavy atom. The molecule has 142 valence electrons. The molecular formula is C19H17N5O4. The Bertz CT molecular complexity index is 1080.